The average Bonchev–Trinajstić information content (AvgIpc) is 2.72. The molecule has 7 heteroatoms. The van der Waals surface area contributed by atoms with Gasteiger partial charge in [-0.25, -0.2) is 0 Å². The van der Waals surface area contributed by atoms with Crippen LogP contribution in [0.2, 0.25) is 0 Å². The Kier molecular flexibility index (Phi) is 9.17. The Morgan fingerprint density at radius 1 is 0.967 bits per heavy atom. The summed E-state index contributed by atoms with van der Waals surface area (Å²) in [4.78, 5) is 24.7. The van der Waals surface area contributed by atoms with Gasteiger partial charge in [-0.3, -0.25) is 9.59 Å². The number of hydrogen-bond acceptors (Lipinski definition) is 4. The van der Waals surface area contributed by atoms with Crippen LogP contribution in [0.5, 0.6) is 11.5 Å². The van der Waals surface area contributed by atoms with Crippen LogP contribution in [-0.2, 0) is 4.79 Å². The molecule has 1 unspecified atom stereocenters. The maximum atomic E-state index is 12.5. The van der Waals surface area contributed by atoms with Gasteiger partial charge in [0.2, 0.25) is 5.91 Å². The molecule has 0 aromatic heterocycles. The molecule has 0 saturated carbocycles. The van der Waals surface area contributed by atoms with Crippen LogP contribution in [0.25, 0.3) is 0 Å². The summed E-state index contributed by atoms with van der Waals surface area (Å²) in [6.07, 6.45) is 0. The summed E-state index contributed by atoms with van der Waals surface area (Å²) >= 11 is 3.33. The van der Waals surface area contributed by atoms with Crippen LogP contribution >= 0.6 is 15.9 Å². The van der Waals surface area contributed by atoms with Crippen LogP contribution in [0.15, 0.2) is 46.9 Å². The minimum Gasteiger partial charge on any atom is -0.490 e. The lowest BCUT2D eigenvalue weighted by atomic mass is 9.95. The number of nitrogens with one attached hydrogen (secondary N) is 2. The first-order valence-corrected chi connectivity index (χ1v) is 10.9. The van der Waals surface area contributed by atoms with Crippen molar-refractivity contribution in [3.63, 3.8) is 0 Å². The van der Waals surface area contributed by atoms with E-state index in [-0.39, 0.29) is 30.3 Å². The highest BCUT2D eigenvalue weighted by Gasteiger charge is 2.20. The second-order valence-electron chi connectivity index (χ2n) is 7.05. The summed E-state index contributed by atoms with van der Waals surface area (Å²) in [6.45, 7) is 8.85. The number of hydrogen-bond donors (Lipinski definition) is 2. The molecule has 0 bridgehead atoms. The van der Waals surface area contributed by atoms with Gasteiger partial charge in [0.25, 0.3) is 5.91 Å². The average molecular weight is 477 g/mol. The number of benzene rings is 2. The summed E-state index contributed by atoms with van der Waals surface area (Å²) in [5.74, 6) is 0.923. The molecule has 0 heterocycles. The second kappa shape index (κ2) is 11.6. The Labute approximate surface area is 186 Å². The zero-order chi connectivity index (χ0) is 22.1. The first-order chi connectivity index (χ1) is 14.3. The van der Waals surface area contributed by atoms with Gasteiger partial charge >= 0.3 is 0 Å². The van der Waals surface area contributed by atoms with Crippen molar-refractivity contribution in [2.24, 2.45) is 5.92 Å². The van der Waals surface area contributed by atoms with E-state index >= 15 is 0 Å². The van der Waals surface area contributed by atoms with Crippen molar-refractivity contribution in [2.45, 2.75) is 33.7 Å². The maximum absolute atomic E-state index is 12.5. The van der Waals surface area contributed by atoms with E-state index in [0.29, 0.717) is 30.3 Å². The third kappa shape index (κ3) is 6.76. The highest BCUT2D eigenvalue weighted by atomic mass is 79.9. The quantitative estimate of drug-likeness (QED) is 0.529. The minimum absolute atomic E-state index is 0.104. The molecule has 0 aliphatic rings. The van der Waals surface area contributed by atoms with Gasteiger partial charge in [0.15, 0.2) is 11.5 Å². The number of carbonyl (C=O) groups excluding carboxylic acids is 2. The van der Waals surface area contributed by atoms with Gasteiger partial charge in [0, 0.05) is 10.0 Å². The molecule has 2 amide bonds. The van der Waals surface area contributed by atoms with Crippen molar-refractivity contribution < 1.29 is 19.1 Å². The van der Waals surface area contributed by atoms with Crippen LogP contribution in [0.3, 0.4) is 0 Å². The van der Waals surface area contributed by atoms with E-state index in [1.807, 2.05) is 45.9 Å². The summed E-state index contributed by atoms with van der Waals surface area (Å²) in [5, 5.41) is 5.67. The Bertz CT molecular complexity index is 853. The Morgan fingerprint density at radius 2 is 1.60 bits per heavy atom. The molecule has 0 fully saturated rings. The van der Waals surface area contributed by atoms with Crippen LogP contribution in [0, 0.1) is 5.92 Å². The molecule has 0 spiro atoms. The summed E-state index contributed by atoms with van der Waals surface area (Å²) < 4.78 is 12.2. The highest BCUT2D eigenvalue weighted by molar-refractivity contribution is 9.10. The van der Waals surface area contributed by atoms with Gasteiger partial charge in [-0.2, -0.15) is 0 Å². The number of amides is 2. The molecule has 0 saturated heterocycles. The molecular formula is C23H29BrN2O4. The lowest BCUT2D eigenvalue weighted by molar-refractivity contribution is -0.121. The SMILES string of the molecule is CCOc1ccc(C(NC(=O)CNC(=O)c2ccc(Br)cc2)C(C)C)cc1OCC. The van der Waals surface area contributed by atoms with Crippen LogP contribution in [0.4, 0.5) is 0 Å². The molecule has 6 nitrogen and oxygen atoms in total. The van der Waals surface area contributed by atoms with Crippen molar-refractivity contribution in [1.82, 2.24) is 10.6 Å². The lowest BCUT2D eigenvalue weighted by Crippen LogP contribution is -2.40. The fourth-order valence-corrected chi connectivity index (χ4v) is 3.25. The van der Waals surface area contributed by atoms with E-state index < -0.39 is 0 Å². The van der Waals surface area contributed by atoms with E-state index in [1.54, 1.807) is 24.3 Å². The second-order valence-corrected chi connectivity index (χ2v) is 7.97. The maximum Gasteiger partial charge on any atom is 0.251 e. The third-order valence-corrected chi connectivity index (χ3v) is 4.95. The largest absolute Gasteiger partial charge is 0.490 e. The molecule has 0 aliphatic carbocycles. The van der Waals surface area contributed by atoms with Crippen LogP contribution in [0.1, 0.15) is 49.7 Å². The summed E-state index contributed by atoms with van der Waals surface area (Å²) in [5.41, 5.74) is 1.42. The van der Waals surface area contributed by atoms with Gasteiger partial charge in [0.1, 0.15) is 0 Å². The Balaban J connectivity index is 2.05. The van der Waals surface area contributed by atoms with E-state index in [0.717, 1.165) is 10.0 Å². The monoisotopic (exact) mass is 476 g/mol. The predicted octanol–water partition coefficient (Wildman–Crippen LogP) is 4.49. The van der Waals surface area contributed by atoms with Gasteiger partial charge in [-0.05, 0) is 61.7 Å². The smallest absolute Gasteiger partial charge is 0.251 e. The fraction of sp³-hybridized carbons (Fsp3) is 0.391. The topological polar surface area (TPSA) is 76.7 Å². The highest BCUT2D eigenvalue weighted by Crippen LogP contribution is 2.32. The van der Waals surface area contributed by atoms with Crippen molar-refractivity contribution >= 4 is 27.7 Å². The molecule has 1 atom stereocenters. The molecule has 2 aromatic carbocycles. The van der Waals surface area contributed by atoms with Crippen molar-refractivity contribution in [1.29, 1.82) is 0 Å². The van der Waals surface area contributed by atoms with Crippen molar-refractivity contribution in [2.75, 3.05) is 19.8 Å². The van der Waals surface area contributed by atoms with E-state index in [4.69, 9.17) is 9.47 Å². The Morgan fingerprint density at radius 3 is 2.20 bits per heavy atom. The van der Waals surface area contributed by atoms with Crippen LogP contribution in [-0.4, -0.2) is 31.6 Å². The van der Waals surface area contributed by atoms with Crippen molar-refractivity contribution in [3.05, 3.63) is 58.1 Å². The van der Waals surface area contributed by atoms with Gasteiger partial charge in [-0.1, -0.05) is 35.8 Å². The minimum atomic E-state index is -0.293. The number of rotatable bonds is 10. The number of carbonyl (C=O) groups is 2. The fourth-order valence-electron chi connectivity index (χ4n) is 2.98. The molecule has 30 heavy (non-hydrogen) atoms. The zero-order valence-corrected chi connectivity index (χ0v) is 19.4. The zero-order valence-electron chi connectivity index (χ0n) is 17.8. The predicted molar refractivity (Wildman–Crippen MR) is 121 cm³/mol. The number of ether oxygens (including phenoxy) is 2. The van der Waals surface area contributed by atoms with Gasteiger partial charge in [-0.15, -0.1) is 0 Å². The first-order valence-electron chi connectivity index (χ1n) is 10.1. The van der Waals surface area contributed by atoms with Crippen LogP contribution < -0.4 is 20.1 Å². The molecule has 162 valence electrons. The molecular weight excluding hydrogens is 448 g/mol. The molecule has 2 rings (SSSR count). The molecule has 0 radical (unpaired) electrons. The first kappa shape index (κ1) is 23.7. The molecule has 2 aromatic rings. The van der Waals surface area contributed by atoms with Gasteiger partial charge < -0.3 is 20.1 Å². The Hall–Kier alpha value is -2.54. The van der Waals surface area contributed by atoms with E-state index in [1.165, 1.54) is 0 Å². The van der Waals surface area contributed by atoms with Gasteiger partial charge in [0.05, 0.1) is 25.8 Å². The number of halogens is 1. The standard InChI is InChI=1S/C23H29BrN2O4/c1-5-29-19-12-9-17(13-20(19)30-6-2)22(15(3)4)26-21(27)14-25-23(28)16-7-10-18(24)11-8-16/h7-13,15,22H,5-6,14H2,1-4H3,(H,25,28)(H,26,27). The van der Waals surface area contributed by atoms with E-state index in [9.17, 15) is 9.59 Å². The summed E-state index contributed by atoms with van der Waals surface area (Å²) in [6, 6.07) is 12.4. The van der Waals surface area contributed by atoms with Crippen molar-refractivity contribution in [3.8, 4) is 11.5 Å². The van der Waals surface area contributed by atoms with E-state index in [2.05, 4.69) is 26.6 Å². The third-order valence-electron chi connectivity index (χ3n) is 4.43. The molecule has 0 aliphatic heterocycles. The molecule has 2 N–H and O–H groups in total. The lowest BCUT2D eigenvalue weighted by Gasteiger charge is -2.24. The summed E-state index contributed by atoms with van der Waals surface area (Å²) in [7, 11) is 0. The normalized spacial score (nSPS) is 11.7.